The van der Waals surface area contributed by atoms with E-state index in [4.69, 9.17) is 0 Å². The lowest BCUT2D eigenvalue weighted by molar-refractivity contribution is 0.148. The molecule has 108 valence electrons. The minimum absolute atomic E-state index is 0.000354. The van der Waals surface area contributed by atoms with E-state index in [9.17, 15) is 13.5 Å². The number of thiazole rings is 1. The van der Waals surface area contributed by atoms with Crippen LogP contribution in [0.15, 0.2) is 11.7 Å². The van der Waals surface area contributed by atoms with Crippen LogP contribution in [-0.4, -0.2) is 66.8 Å². The molecule has 1 aromatic rings. The molecule has 2 rings (SSSR count). The first-order chi connectivity index (χ1) is 8.88. The van der Waals surface area contributed by atoms with Gasteiger partial charge in [-0.25, -0.2) is 12.7 Å². The zero-order chi connectivity index (χ0) is 14.0. The molecule has 2 heterocycles. The summed E-state index contributed by atoms with van der Waals surface area (Å²) in [4.78, 5) is 7.22. The Bertz CT molecular complexity index is 501. The smallest absolute Gasteiger partial charge is 0.214 e. The van der Waals surface area contributed by atoms with E-state index < -0.39 is 16.1 Å². The van der Waals surface area contributed by atoms with Crippen LogP contribution in [0.4, 0.5) is 0 Å². The average molecular weight is 305 g/mol. The van der Waals surface area contributed by atoms with Crippen molar-refractivity contribution in [2.75, 3.05) is 32.9 Å². The zero-order valence-electron chi connectivity index (χ0n) is 11.1. The second kappa shape index (κ2) is 5.84. The minimum Gasteiger partial charge on any atom is -0.391 e. The highest BCUT2D eigenvalue weighted by atomic mass is 32.2. The summed E-state index contributed by atoms with van der Waals surface area (Å²) >= 11 is 1.57. The Labute approximate surface area is 117 Å². The van der Waals surface area contributed by atoms with E-state index in [2.05, 4.69) is 9.88 Å². The lowest BCUT2D eigenvalue weighted by Gasteiger charge is -2.17. The highest BCUT2D eigenvalue weighted by Gasteiger charge is 2.35. The van der Waals surface area contributed by atoms with Crippen LogP contribution in [0.25, 0.3) is 0 Å². The quantitative estimate of drug-likeness (QED) is 0.817. The Hall–Kier alpha value is -0.540. The van der Waals surface area contributed by atoms with Crippen LogP contribution in [0.2, 0.25) is 0 Å². The molecule has 2 atom stereocenters. The molecule has 0 unspecified atom stereocenters. The van der Waals surface area contributed by atoms with Gasteiger partial charge in [-0.3, -0.25) is 9.88 Å². The van der Waals surface area contributed by atoms with Crippen molar-refractivity contribution in [3.05, 3.63) is 16.6 Å². The predicted molar refractivity (Wildman–Crippen MR) is 74.4 cm³/mol. The van der Waals surface area contributed by atoms with E-state index in [-0.39, 0.29) is 11.7 Å². The lowest BCUT2D eigenvalue weighted by atomic mass is 10.1. The van der Waals surface area contributed by atoms with Gasteiger partial charge in [0.25, 0.3) is 0 Å². The molecule has 1 aliphatic rings. The van der Waals surface area contributed by atoms with Crippen LogP contribution in [0.1, 0.15) is 4.88 Å². The molecular formula is C11H19N3O3S2. The summed E-state index contributed by atoms with van der Waals surface area (Å²) in [6.45, 7) is 1.85. The fourth-order valence-corrected chi connectivity index (χ4v) is 4.00. The van der Waals surface area contributed by atoms with Gasteiger partial charge in [0.1, 0.15) is 0 Å². The number of likely N-dealkylation sites (tertiary alicyclic amines) is 1. The van der Waals surface area contributed by atoms with Gasteiger partial charge in [0.2, 0.25) is 10.0 Å². The third-order valence-electron chi connectivity index (χ3n) is 3.33. The highest BCUT2D eigenvalue weighted by Crippen LogP contribution is 2.22. The molecule has 19 heavy (non-hydrogen) atoms. The van der Waals surface area contributed by atoms with E-state index in [0.29, 0.717) is 13.1 Å². The van der Waals surface area contributed by atoms with Gasteiger partial charge in [-0.1, -0.05) is 0 Å². The number of sulfonamides is 1. The van der Waals surface area contributed by atoms with Gasteiger partial charge >= 0.3 is 0 Å². The number of rotatable bonds is 5. The van der Waals surface area contributed by atoms with Gasteiger partial charge in [-0.2, -0.15) is 0 Å². The summed E-state index contributed by atoms with van der Waals surface area (Å²) in [5, 5.41) is 10.00. The van der Waals surface area contributed by atoms with Crippen molar-refractivity contribution in [3.8, 4) is 0 Å². The first kappa shape index (κ1) is 14.9. The monoisotopic (exact) mass is 305 g/mol. The SMILES string of the molecule is CN(C)S(=O)(=O)C[C@@H]1CN(Cc2cncs2)C[C@H]1O. The number of hydrogen-bond acceptors (Lipinski definition) is 6. The number of aromatic nitrogens is 1. The van der Waals surface area contributed by atoms with Crippen molar-refractivity contribution in [1.29, 1.82) is 0 Å². The molecule has 0 aromatic carbocycles. The third-order valence-corrected chi connectivity index (χ3v) is 6.05. The molecule has 1 aliphatic heterocycles. The van der Waals surface area contributed by atoms with Crippen molar-refractivity contribution in [3.63, 3.8) is 0 Å². The molecule has 1 fully saturated rings. The fourth-order valence-electron chi connectivity index (χ4n) is 2.19. The van der Waals surface area contributed by atoms with Crippen molar-refractivity contribution in [1.82, 2.24) is 14.2 Å². The third kappa shape index (κ3) is 3.73. The van der Waals surface area contributed by atoms with E-state index in [1.54, 1.807) is 23.0 Å². The second-order valence-corrected chi connectivity index (χ2v) is 8.25. The van der Waals surface area contributed by atoms with Gasteiger partial charge < -0.3 is 5.11 Å². The molecule has 0 bridgehead atoms. The summed E-state index contributed by atoms with van der Waals surface area (Å²) in [5.74, 6) is -0.222. The Morgan fingerprint density at radius 2 is 2.26 bits per heavy atom. The number of nitrogens with zero attached hydrogens (tertiary/aromatic N) is 3. The summed E-state index contributed by atoms with van der Waals surface area (Å²) in [6, 6.07) is 0. The van der Waals surface area contributed by atoms with Crippen molar-refractivity contribution >= 4 is 21.4 Å². The Balaban J connectivity index is 1.94. The fraction of sp³-hybridized carbons (Fsp3) is 0.727. The molecule has 0 radical (unpaired) electrons. The molecule has 0 saturated carbocycles. The topological polar surface area (TPSA) is 73.7 Å². The van der Waals surface area contributed by atoms with E-state index in [0.717, 1.165) is 11.4 Å². The van der Waals surface area contributed by atoms with Crippen LogP contribution in [0.3, 0.4) is 0 Å². The van der Waals surface area contributed by atoms with Gasteiger partial charge in [0.05, 0.1) is 17.4 Å². The normalized spacial score (nSPS) is 25.3. The van der Waals surface area contributed by atoms with E-state index in [1.165, 1.54) is 18.4 Å². The number of aliphatic hydroxyl groups excluding tert-OH is 1. The van der Waals surface area contributed by atoms with Crippen LogP contribution in [0.5, 0.6) is 0 Å². The molecule has 0 spiro atoms. The minimum atomic E-state index is -3.26. The maximum Gasteiger partial charge on any atom is 0.214 e. The van der Waals surface area contributed by atoms with E-state index in [1.807, 2.05) is 0 Å². The molecule has 8 heteroatoms. The van der Waals surface area contributed by atoms with Gasteiger partial charge in [0.15, 0.2) is 0 Å². The summed E-state index contributed by atoms with van der Waals surface area (Å²) in [7, 11) is -0.224. The number of hydrogen-bond donors (Lipinski definition) is 1. The largest absolute Gasteiger partial charge is 0.391 e. The van der Waals surface area contributed by atoms with E-state index >= 15 is 0 Å². The lowest BCUT2D eigenvalue weighted by Crippen LogP contribution is -2.33. The molecule has 6 nitrogen and oxygen atoms in total. The molecule has 1 aromatic heterocycles. The Morgan fingerprint density at radius 3 is 2.84 bits per heavy atom. The second-order valence-electron chi connectivity index (χ2n) is 5.05. The number of aliphatic hydroxyl groups is 1. The van der Waals surface area contributed by atoms with Crippen molar-refractivity contribution in [2.45, 2.75) is 12.6 Å². The van der Waals surface area contributed by atoms with Crippen LogP contribution in [0, 0.1) is 5.92 Å². The molecular weight excluding hydrogens is 286 g/mol. The maximum atomic E-state index is 11.8. The van der Waals surface area contributed by atoms with Gasteiger partial charge in [-0.05, 0) is 0 Å². The Kier molecular flexibility index (Phi) is 4.57. The first-order valence-electron chi connectivity index (χ1n) is 6.06. The molecule has 1 saturated heterocycles. The van der Waals surface area contributed by atoms with Crippen LogP contribution >= 0.6 is 11.3 Å². The summed E-state index contributed by atoms with van der Waals surface area (Å²) in [5.41, 5.74) is 1.77. The standard InChI is InChI=1S/C11H19N3O3S2/c1-13(2)19(16,17)7-9-4-14(6-11(9)15)5-10-3-12-8-18-10/h3,8-9,11,15H,4-7H2,1-2H3/t9-,11+/m0/s1. The van der Waals surface area contributed by atoms with Crippen molar-refractivity contribution in [2.24, 2.45) is 5.92 Å². The Morgan fingerprint density at radius 1 is 1.53 bits per heavy atom. The van der Waals surface area contributed by atoms with Crippen LogP contribution in [-0.2, 0) is 16.6 Å². The number of β-amino-alcohol motifs (C(OH)–C–C–N with tert-alkyl or cyclic N) is 1. The first-order valence-corrected chi connectivity index (χ1v) is 8.55. The summed E-state index contributed by atoms with van der Waals surface area (Å²) < 4.78 is 24.9. The molecule has 0 aliphatic carbocycles. The molecule has 0 amide bonds. The summed E-state index contributed by atoms with van der Waals surface area (Å²) in [6.07, 6.45) is 1.23. The molecule has 1 N–H and O–H groups in total. The predicted octanol–water partition coefficient (Wildman–Crippen LogP) is -0.173. The zero-order valence-corrected chi connectivity index (χ0v) is 12.7. The van der Waals surface area contributed by atoms with Crippen LogP contribution < -0.4 is 0 Å². The van der Waals surface area contributed by atoms with Gasteiger partial charge in [0, 0.05) is 50.7 Å². The van der Waals surface area contributed by atoms with Gasteiger partial charge in [-0.15, -0.1) is 11.3 Å². The highest BCUT2D eigenvalue weighted by molar-refractivity contribution is 7.89. The van der Waals surface area contributed by atoms with Crippen molar-refractivity contribution < 1.29 is 13.5 Å². The maximum absolute atomic E-state index is 11.8. The average Bonchev–Trinajstić information content (AvgIpc) is 2.90.